The van der Waals surface area contributed by atoms with Gasteiger partial charge in [0.1, 0.15) is 5.75 Å². The maximum absolute atomic E-state index is 11.3. The first-order valence-corrected chi connectivity index (χ1v) is 10.9. The SMILES string of the molecule is C=CC(=O)Oc1ccccc1CCCCCCCCC.CCOCCOCCO. The number of aliphatic hydroxyl groups is 1. The Morgan fingerprint density at radius 3 is 2.28 bits per heavy atom. The van der Waals surface area contributed by atoms with Crippen molar-refractivity contribution in [2.24, 2.45) is 0 Å². The van der Waals surface area contributed by atoms with Crippen molar-refractivity contribution in [3.8, 4) is 5.75 Å². The van der Waals surface area contributed by atoms with E-state index in [-0.39, 0.29) is 6.61 Å². The predicted molar refractivity (Wildman–Crippen MR) is 118 cm³/mol. The molecule has 0 heterocycles. The third kappa shape index (κ3) is 16.9. The van der Waals surface area contributed by atoms with E-state index >= 15 is 0 Å². The average Bonchev–Trinajstić information content (AvgIpc) is 2.74. The minimum atomic E-state index is -0.392. The van der Waals surface area contributed by atoms with Crippen LogP contribution in [-0.4, -0.2) is 44.1 Å². The largest absolute Gasteiger partial charge is 0.423 e. The van der Waals surface area contributed by atoms with Crippen molar-refractivity contribution in [2.45, 2.75) is 65.2 Å². The predicted octanol–water partition coefficient (Wildman–Crippen LogP) is 5.10. The zero-order valence-corrected chi connectivity index (χ0v) is 18.4. The van der Waals surface area contributed by atoms with Gasteiger partial charge >= 0.3 is 5.97 Å². The Balaban J connectivity index is 0.000000734. The summed E-state index contributed by atoms with van der Waals surface area (Å²) >= 11 is 0. The summed E-state index contributed by atoms with van der Waals surface area (Å²) in [6, 6.07) is 7.75. The van der Waals surface area contributed by atoms with Crippen LogP contribution < -0.4 is 4.74 Å². The molecule has 0 fully saturated rings. The van der Waals surface area contributed by atoms with Crippen molar-refractivity contribution in [2.75, 3.05) is 33.0 Å². The number of unbranched alkanes of at least 4 members (excludes halogenated alkanes) is 6. The highest BCUT2D eigenvalue weighted by Crippen LogP contribution is 2.21. The summed E-state index contributed by atoms with van der Waals surface area (Å²) in [4.78, 5) is 11.3. The summed E-state index contributed by atoms with van der Waals surface area (Å²) < 4.78 is 15.1. The van der Waals surface area contributed by atoms with Gasteiger partial charge in [0.2, 0.25) is 0 Å². The molecule has 0 bridgehead atoms. The molecule has 29 heavy (non-hydrogen) atoms. The molecule has 5 heteroatoms. The standard InChI is InChI=1S/C18H26O2.C6H14O3/c1-3-5-6-7-8-9-10-13-16-14-11-12-15-17(16)20-18(19)4-2;1-2-8-5-6-9-4-3-7/h4,11-12,14-15H,2-3,5-10,13H2,1H3;7H,2-6H2,1H3. The van der Waals surface area contributed by atoms with E-state index in [2.05, 4.69) is 13.5 Å². The monoisotopic (exact) mass is 408 g/mol. The molecule has 5 nitrogen and oxygen atoms in total. The third-order valence-electron chi connectivity index (χ3n) is 4.21. The fourth-order valence-electron chi connectivity index (χ4n) is 2.66. The quantitative estimate of drug-likeness (QED) is 0.178. The van der Waals surface area contributed by atoms with Crippen molar-refractivity contribution in [3.63, 3.8) is 0 Å². The van der Waals surface area contributed by atoms with Crippen molar-refractivity contribution >= 4 is 5.97 Å². The molecule has 0 saturated heterocycles. The Labute approximate surface area is 177 Å². The Morgan fingerprint density at radius 1 is 0.966 bits per heavy atom. The van der Waals surface area contributed by atoms with Crippen LogP contribution in [0.5, 0.6) is 5.75 Å². The van der Waals surface area contributed by atoms with Crippen LogP contribution in [-0.2, 0) is 20.7 Å². The Bertz CT molecular complexity index is 510. The van der Waals surface area contributed by atoms with Gasteiger partial charge in [0.05, 0.1) is 26.4 Å². The summed E-state index contributed by atoms with van der Waals surface area (Å²) in [5.74, 6) is 0.278. The van der Waals surface area contributed by atoms with Crippen LogP contribution >= 0.6 is 0 Å². The number of para-hydroxylation sites is 1. The van der Waals surface area contributed by atoms with E-state index in [0.717, 1.165) is 25.0 Å². The minimum Gasteiger partial charge on any atom is -0.423 e. The van der Waals surface area contributed by atoms with E-state index in [1.165, 1.54) is 44.6 Å². The molecule has 1 aromatic rings. The topological polar surface area (TPSA) is 65.0 Å². The van der Waals surface area contributed by atoms with Gasteiger partial charge in [-0.2, -0.15) is 0 Å². The van der Waals surface area contributed by atoms with Gasteiger partial charge in [-0.05, 0) is 31.4 Å². The van der Waals surface area contributed by atoms with Gasteiger partial charge in [0.15, 0.2) is 0 Å². The van der Waals surface area contributed by atoms with Crippen LogP contribution in [0.3, 0.4) is 0 Å². The lowest BCUT2D eigenvalue weighted by atomic mass is 10.0. The molecule has 1 rings (SSSR count). The summed E-state index contributed by atoms with van der Waals surface area (Å²) in [6.45, 7) is 10.0. The second-order valence-electron chi connectivity index (χ2n) is 6.64. The van der Waals surface area contributed by atoms with Gasteiger partial charge in [-0.3, -0.25) is 0 Å². The van der Waals surface area contributed by atoms with E-state index in [4.69, 9.17) is 19.3 Å². The van der Waals surface area contributed by atoms with Crippen LogP contribution in [0.1, 0.15) is 64.4 Å². The number of benzene rings is 1. The van der Waals surface area contributed by atoms with Crippen LogP contribution in [0.15, 0.2) is 36.9 Å². The highest BCUT2D eigenvalue weighted by Gasteiger charge is 2.05. The third-order valence-corrected chi connectivity index (χ3v) is 4.21. The Morgan fingerprint density at radius 2 is 1.62 bits per heavy atom. The fraction of sp³-hybridized carbons (Fsp3) is 0.625. The first kappa shape index (κ1) is 27.3. The van der Waals surface area contributed by atoms with Gasteiger partial charge in [-0.15, -0.1) is 0 Å². The molecule has 0 radical (unpaired) electrons. The zero-order chi connectivity index (χ0) is 21.6. The number of hydrogen-bond donors (Lipinski definition) is 1. The lowest BCUT2D eigenvalue weighted by molar-refractivity contribution is -0.129. The molecule has 0 saturated carbocycles. The van der Waals surface area contributed by atoms with E-state index in [1.807, 2.05) is 31.2 Å². The summed E-state index contributed by atoms with van der Waals surface area (Å²) in [6.07, 6.45) is 11.2. The van der Waals surface area contributed by atoms with Gasteiger partial charge in [0, 0.05) is 12.7 Å². The zero-order valence-electron chi connectivity index (χ0n) is 18.4. The Hall–Kier alpha value is -1.69. The van der Waals surface area contributed by atoms with E-state index in [1.54, 1.807) is 0 Å². The molecule has 1 aromatic carbocycles. The second kappa shape index (κ2) is 21.0. The van der Waals surface area contributed by atoms with E-state index in [9.17, 15) is 4.79 Å². The molecular weight excluding hydrogens is 368 g/mol. The molecule has 0 aliphatic carbocycles. The first-order valence-electron chi connectivity index (χ1n) is 10.9. The van der Waals surface area contributed by atoms with Crippen LogP contribution in [0, 0.1) is 0 Å². The Kier molecular flexibility index (Phi) is 19.8. The van der Waals surface area contributed by atoms with E-state index < -0.39 is 5.97 Å². The molecule has 0 amide bonds. The lowest BCUT2D eigenvalue weighted by Crippen LogP contribution is -2.06. The molecule has 0 atom stereocenters. The summed E-state index contributed by atoms with van der Waals surface area (Å²) in [5, 5.41) is 8.26. The first-order chi connectivity index (χ1) is 14.2. The number of rotatable bonds is 16. The summed E-state index contributed by atoms with van der Waals surface area (Å²) in [7, 11) is 0. The second-order valence-corrected chi connectivity index (χ2v) is 6.64. The van der Waals surface area contributed by atoms with Gasteiger partial charge in [-0.1, -0.05) is 70.2 Å². The average molecular weight is 409 g/mol. The highest BCUT2D eigenvalue weighted by molar-refractivity contribution is 5.83. The number of ether oxygens (including phenoxy) is 3. The van der Waals surface area contributed by atoms with Crippen LogP contribution in [0.4, 0.5) is 0 Å². The number of aliphatic hydroxyl groups excluding tert-OH is 1. The van der Waals surface area contributed by atoms with Gasteiger partial charge < -0.3 is 19.3 Å². The van der Waals surface area contributed by atoms with Crippen molar-refractivity contribution in [1.29, 1.82) is 0 Å². The molecule has 0 aromatic heterocycles. The van der Waals surface area contributed by atoms with E-state index in [0.29, 0.717) is 25.6 Å². The maximum atomic E-state index is 11.3. The molecule has 0 spiro atoms. The molecular formula is C24H40O5. The molecule has 0 aliphatic rings. The maximum Gasteiger partial charge on any atom is 0.335 e. The molecule has 166 valence electrons. The molecule has 1 N–H and O–H groups in total. The number of carbonyl (C=O) groups is 1. The van der Waals surface area contributed by atoms with Crippen LogP contribution in [0.2, 0.25) is 0 Å². The normalized spacial score (nSPS) is 10.2. The smallest absolute Gasteiger partial charge is 0.335 e. The number of hydrogen-bond acceptors (Lipinski definition) is 5. The lowest BCUT2D eigenvalue weighted by Gasteiger charge is -2.08. The summed E-state index contributed by atoms with van der Waals surface area (Å²) in [5.41, 5.74) is 1.11. The van der Waals surface area contributed by atoms with Crippen LogP contribution in [0.25, 0.3) is 0 Å². The molecule has 0 aliphatic heterocycles. The number of esters is 1. The van der Waals surface area contributed by atoms with Crippen molar-refractivity contribution in [1.82, 2.24) is 0 Å². The van der Waals surface area contributed by atoms with Gasteiger partial charge in [-0.25, -0.2) is 4.79 Å². The van der Waals surface area contributed by atoms with Crippen molar-refractivity contribution in [3.05, 3.63) is 42.5 Å². The molecule has 0 unspecified atom stereocenters. The number of aryl methyl sites for hydroxylation is 1. The van der Waals surface area contributed by atoms with Crippen molar-refractivity contribution < 1.29 is 24.1 Å². The van der Waals surface area contributed by atoms with Gasteiger partial charge in [0.25, 0.3) is 0 Å². The highest BCUT2D eigenvalue weighted by atomic mass is 16.5. The number of carbonyl (C=O) groups excluding carboxylic acids is 1. The fourth-order valence-corrected chi connectivity index (χ4v) is 2.66. The minimum absolute atomic E-state index is 0.0894.